The number of piperazine rings is 1. The molecule has 0 spiro atoms. The number of rotatable bonds is 5. The molecule has 7 heteroatoms. The summed E-state index contributed by atoms with van der Waals surface area (Å²) in [6, 6.07) is 6.89. The maximum atomic E-state index is 13.8. The zero-order chi connectivity index (χ0) is 15.4. The molecule has 0 saturated carbocycles. The maximum Gasteiger partial charge on any atom is 0.252 e. The fourth-order valence-electron chi connectivity index (χ4n) is 2.59. The third kappa shape index (κ3) is 3.42. The standard InChI is InChI=1S/C15H19FN4O2/c1-21-11-15-17-14(18-22-15)10-19-6-8-20(9-7-19)13-5-3-2-4-12(13)16/h2-5H,6-11H2,1H3. The van der Waals surface area contributed by atoms with Crippen LogP contribution in [0.15, 0.2) is 28.8 Å². The summed E-state index contributed by atoms with van der Waals surface area (Å²) in [5.74, 6) is 0.979. The van der Waals surface area contributed by atoms with E-state index in [9.17, 15) is 4.39 Å². The first-order valence-corrected chi connectivity index (χ1v) is 7.28. The Morgan fingerprint density at radius 3 is 2.73 bits per heavy atom. The molecule has 118 valence electrons. The van der Waals surface area contributed by atoms with E-state index in [-0.39, 0.29) is 5.82 Å². The predicted octanol–water partition coefficient (Wildman–Crippen LogP) is 1.68. The van der Waals surface area contributed by atoms with Crippen LogP contribution in [0.25, 0.3) is 0 Å². The van der Waals surface area contributed by atoms with Crippen molar-refractivity contribution in [1.29, 1.82) is 0 Å². The van der Waals surface area contributed by atoms with E-state index in [1.54, 1.807) is 13.2 Å². The van der Waals surface area contributed by atoms with Gasteiger partial charge in [0.15, 0.2) is 5.82 Å². The zero-order valence-electron chi connectivity index (χ0n) is 12.5. The second kappa shape index (κ2) is 6.85. The third-order valence-corrected chi connectivity index (χ3v) is 3.71. The van der Waals surface area contributed by atoms with Crippen molar-refractivity contribution in [3.63, 3.8) is 0 Å². The van der Waals surface area contributed by atoms with Crippen LogP contribution >= 0.6 is 0 Å². The summed E-state index contributed by atoms with van der Waals surface area (Å²) in [7, 11) is 1.59. The first kappa shape index (κ1) is 14.9. The Hall–Kier alpha value is -1.99. The van der Waals surface area contributed by atoms with Gasteiger partial charge in [0, 0.05) is 33.3 Å². The van der Waals surface area contributed by atoms with Crippen LogP contribution in [-0.4, -0.2) is 48.3 Å². The van der Waals surface area contributed by atoms with E-state index in [0.717, 1.165) is 26.2 Å². The van der Waals surface area contributed by atoms with Crippen LogP contribution in [0.4, 0.5) is 10.1 Å². The monoisotopic (exact) mass is 306 g/mol. The van der Waals surface area contributed by atoms with Gasteiger partial charge in [-0.05, 0) is 12.1 Å². The average molecular weight is 306 g/mol. The molecule has 2 aromatic rings. The molecule has 1 fully saturated rings. The molecule has 0 unspecified atom stereocenters. The van der Waals surface area contributed by atoms with Gasteiger partial charge < -0.3 is 14.2 Å². The number of anilines is 1. The molecule has 1 aliphatic rings. The molecule has 0 bridgehead atoms. The van der Waals surface area contributed by atoms with Gasteiger partial charge in [0.1, 0.15) is 12.4 Å². The number of hydrogen-bond donors (Lipinski definition) is 0. The first-order valence-electron chi connectivity index (χ1n) is 7.28. The number of halogens is 1. The Bertz CT molecular complexity index is 611. The van der Waals surface area contributed by atoms with Gasteiger partial charge >= 0.3 is 0 Å². The second-order valence-corrected chi connectivity index (χ2v) is 5.25. The Balaban J connectivity index is 1.54. The van der Waals surface area contributed by atoms with Crippen molar-refractivity contribution in [2.24, 2.45) is 0 Å². The van der Waals surface area contributed by atoms with Gasteiger partial charge in [-0.15, -0.1) is 0 Å². The zero-order valence-corrected chi connectivity index (χ0v) is 12.5. The topological polar surface area (TPSA) is 54.6 Å². The van der Waals surface area contributed by atoms with Gasteiger partial charge in [0.2, 0.25) is 0 Å². The highest BCUT2D eigenvalue weighted by Crippen LogP contribution is 2.20. The van der Waals surface area contributed by atoms with E-state index in [4.69, 9.17) is 9.26 Å². The van der Waals surface area contributed by atoms with Gasteiger partial charge in [-0.2, -0.15) is 4.98 Å². The number of ether oxygens (including phenoxy) is 1. The van der Waals surface area contributed by atoms with Crippen molar-refractivity contribution < 1.29 is 13.7 Å². The van der Waals surface area contributed by atoms with E-state index >= 15 is 0 Å². The minimum atomic E-state index is -0.168. The lowest BCUT2D eigenvalue weighted by molar-refractivity contribution is 0.151. The first-order chi connectivity index (χ1) is 10.8. The second-order valence-electron chi connectivity index (χ2n) is 5.25. The Kier molecular flexibility index (Phi) is 4.65. The molecule has 1 saturated heterocycles. The highest BCUT2D eigenvalue weighted by Gasteiger charge is 2.20. The van der Waals surface area contributed by atoms with Crippen LogP contribution in [0.1, 0.15) is 11.7 Å². The minimum Gasteiger partial charge on any atom is -0.375 e. The van der Waals surface area contributed by atoms with Gasteiger partial charge in [-0.3, -0.25) is 4.90 Å². The molecule has 22 heavy (non-hydrogen) atoms. The van der Waals surface area contributed by atoms with Gasteiger partial charge in [-0.25, -0.2) is 4.39 Å². The number of methoxy groups -OCH3 is 1. The van der Waals surface area contributed by atoms with E-state index < -0.39 is 0 Å². The molecule has 0 aliphatic carbocycles. The third-order valence-electron chi connectivity index (χ3n) is 3.71. The molecule has 3 rings (SSSR count). The summed E-state index contributed by atoms with van der Waals surface area (Å²) >= 11 is 0. The smallest absolute Gasteiger partial charge is 0.252 e. The van der Waals surface area contributed by atoms with Crippen LogP contribution in [-0.2, 0) is 17.9 Å². The molecule has 1 aromatic heterocycles. The van der Waals surface area contributed by atoms with Crippen LogP contribution in [0.5, 0.6) is 0 Å². The fourth-order valence-corrected chi connectivity index (χ4v) is 2.59. The molecule has 0 radical (unpaired) electrons. The molecular formula is C15H19FN4O2. The summed E-state index contributed by atoms with van der Waals surface area (Å²) < 4.78 is 23.8. The van der Waals surface area contributed by atoms with Crippen molar-refractivity contribution >= 4 is 5.69 Å². The van der Waals surface area contributed by atoms with Crippen LogP contribution in [0, 0.1) is 5.82 Å². The molecule has 1 aliphatic heterocycles. The molecule has 0 atom stereocenters. The highest BCUT2D eigenvalue weighted by molar-refractivity contribution is 5.47. The molecule has 2 heterocycles. The average Bonchev–Trinajstić information content (AvgIpc) is 2.96. The van der Waals surface area contributed by atoms with Crippen LogP contribution in [0.2, 0.25) is 0 Å². The number of aromatic nitrogens is 2. The van der Waals surface area contributed by atoms with Gasteiger partial charge in [0.25, 0.3) is 5.89 Å². The SMILES string of the molecule is COCc1nc(CN2CCN(c3ccccc3F)CC2)no1. The number of hydrogen-bond acceptors (Lipinski definition) is 6. The Labute approximate surface area is 128 Å². The summed E-state index contributed by atoms with van der Waals surface area (Å²) in [5.41, 5.74) is 0.670. The molecule has 1 aromatic carbocycles. The normalized spacial score (nSPS) is 16.2. The quantitative estimate of drug-likeness (QED) is 0.838. The Morgan fingerprint density at radius 2 is 2.00 bits per heavy atom. The van der Waals surface area contributed by atoms with Gasteiger partial charge in [0.05, 0.1) is 12.2 Å². The van der Waals surface area contributed by atoms with Crippen molar-refractivity contribution in [1.82, 2.24) is 15.0 Å². The van der Waals surface area contributed by atoms with Crippen LogP contribution in [0.3, 0.4) is 0 Å². The summed E-state index contributed by atoms with van der Waals surface area (Å²) in [5, 5.41) is 3.94. The molecule has 0 amide bonds. The lowest BCUT2D eigenvalue weighted by atomic mass is 10.2. The Morgan fingerprint density at radius 1 is 1.23 bits per heavy atom. The molecular weight excluding hydrogens is 287 g/mol. The summed E-state index contributed by atoms with van der Waals surface area (Å²) in [6.45, 7) is 4.20. The fraction of sp³-hybridized carbons (Fsp3) is 0.467. The maximum absolute atomic E-state index is 13.8. The molecule has 6 nitrogen and oxygen atoms in total. The lowest BCUT2D eigenvalue weighted by Crippen LogP contribution is -2.46. The van der Waals surface area contributed by atoms with E-state index in [1.807, 2.05) is 12.1 Å². The summed E-state index contributed by atoms with van der Waals surface area (Å²) in [6.07, 6.45) is 0. The minimum absolute atomic E-state index is 0.168. The van der Waals surface area contributed by atoms with E-state index in [1.165, 1.54) is 6.07 Å². The lowest BCUT2D eigenvalue weighted by Gasteiger charge is -2.35. The predicted molar refractivity (Wildman–Crippen MR) is 78.9 cm³/mol. The van der Waals surface area contributed by atoms with Gasteiger partial charge in [-0.1, -0.05) is 17.3 Å². The van der Waals surface area contributed by atoms with Crippen molar-refractivity contribution in [3.05, 3.63) is 41.8 Å². The largest absolute Gasteiger partial charge is 0.375 e. The number of nitrogens with zero attached hydrogens (tertiary/aromatic N) is 4. The molecule has 0 N–H and O–H groups in total. The number of benzene rings is 1. The van der Waals surface area contributed by atoms with E-state index in [0.29, 0.717) is 30.6 Å². The summed E-state index contributed by atoms with van der Waals surface area (Å²) in [4.78, 5) is 8.57. The highest BCUT2D eigenvalue weighted by atomic mass is 19.1. The van der Waals surface area contributed by atoms with E-state index in [2.05, 4.69) is 19.9 Å². The van der Waals surface area contributed by atoms with Crippen molar-refractivity contribution in [3.8, 4) is 0 Å². The van der Waals surface area contributed by atoms with Crippen molar-refractivity contribution in [2.45, 2.75) is 13.2 Å². The number of para-hydroxylation sites is 1. The van der Waals surface area contributed by atoms with Crippen LogP contribution < -0.4 is 4.90 Å². The van der Waals surface area contributed by atoms with Crippen molar-refractivity contribution in [2.75, 3.05) is 38.2 Å².